The molecule has 2 heterocycles. The minimum atomic E-state index is -4.28. The predicted molar refractivity (Wildman–Crippen MR) is 83.5 cm³/mol. The molecule has 2 aliphatic rings. The molecule has 1 aromatic rings. The lowest BCUT2D eigenvalue weighted by atomic mass is 9.79. The summed E-state index contributed by atoms with van der Waals surface area (Å²) in [5, 5.41) is 4.03. The van der Waals surface area contributed by atoms with E-state index in [2.05, 4.69) is 15.2 Å². The lowest BCUT2D eigenvalue weighted by Gasteiger charge is -2.49. The average molecular weight is 356 g/mol. The van der Waals surface area contributed by atoms with E-state index in [1.807, 2.05) is 0 Å². The Hall–Kier alpha value is -0.370. The third kappa shape index (κ3) is 3.75. The molecule has 22 heavy (non-hydrogen) atoms. The summed E-state index contributed by atoms with van der Waals surface area (Å²) in [6, 6.07) is 0. The first-order valence-corrected chi connectivity index (χ1v) is 8.29. The van der Waals surface area contributed by atoms with E-state index in [1.165, 1.54) is 19.3 Å². The smallest absolute Gasteiger partial charge is 0.314 e. The minimum absolute atomic E-state index is 0. The normalized spacial score (nSPS) is 22.5. The Bertz CT molecular complexity index is 478. The number of nitrogens with one attached hydrogen (secondary N) is 1. The molecule has 1 aliphatic carbocycles. The van der Waals surface area contributed by atoms with Gasteiger partial charge < -0.3 is 5.32 Å². The molecule has 1 saturated heterocycles. The van der Waals surface area contributed by atoms with E-state index >= 15 is 0 Å². The van der Waals surface area contributed by atoms with E-state index in [9.17, 15) is 13.2 Å². The topological polar surface area (TPSA) is 28.2 Å². The second-order valence-corrected chi connectivity index (χ2v) is 7.11. The van der Waals surface area contributed by atoms with Gasteiger partial charge in [0.2, 0.25) is 0 Å². The van der Waals surface area contributed by atoms with Crippen LogP contribution in [-0.2, 0) is 12.7 Å². The van der Waals surface area contributed by atoms with Crippen molar-refractivity contribution >= 4 is 23.7 Å². The molecule has 0 amide bonds. The van der Waals surface area contributed by atoms with Gasteiger partial charge in [0.15, 0.2) is 0 Å². The maximum atomic E-state index is 12.7. The molecule has 0 bridgehead atoms. The Balaban J connectivity index is 0.00000176. The highest BCUT2D eigenvalue weighted by molar-refractivity contribution is 7.11. The fourth-order valence-electron chi connectivity index (χ4n) is 3.51. The van der Waals surface area contributed by atoms with Crippen molar-refractivity contribution in [3.05, 3.63) is 16.1 Å². The first kappa shape index (κ1) is 18.0. The molecule has 0 radical (unpaired) electrons. The average Bonchev–Trinajstić information content (AvgIpc) is 2.91. The van der Waals surface area contributed by atoms with Crippen molar-refractivity contribution in [3.63, 3.8) is 0 Å². The molecule has 0 aromatic carbocycles. The highest BCUT2D eigenvalue weighted by Crippen LogP contribution is 2.37. The molecule has 1 aliphatic heterocycles. The van der Waals surface area contributed by atoms with Crippen LogP contribution in [0.3, 0.4) is 0 Å². The fraction of sp³-hybridized carbons (Fsp3) is 0.786. The van der Waals surface area contributed by atoms with E-state index in [0.29, 0.717) is 11.6 Å². The molecular formula is C14H21ClF3N3S. The maximum absolute atomic E-state index is 12.7. The van der Waals surface area contributed by atoms with Crippen LogP contribution in [0.15, 0.2) is 6.20 Å². The quantitative estimate of drug-likeness (QED) is 0.877. The SMILES string of the molecule is Cl.FC(F)(F)c1cnc(CN2CCNCC23CCCCC3)s1. The third-order valence-corrected chi connectivity index (χ3v) is 5.65. The first-order chi connectivity index (χ1) is 10.00. The summed E-state index contributed by atoms with van der Waals surface area (Å²) >= 11 is 0.783. The van der Waals surface area contributed by atoms with Gasteiger partial charge in [-0.2, -0.15) is 13.2 Å². The summed E-state index contributed by atoms with van der Waals surface area (Å²) in [5.41, 5.74) is 0.126. The summed E-state index contributed by atoms with van der Waals surface area (Å²) in [4.78, 5) is 5.76. The Morgan fingerprint density at radius 3 is 2.64 bits per heavy atom. The number of piperazine rings is 1. The number of hydrogen-bond donors (Lipinski definition) is 1. The molecule has 1 N–H and O–H groups in total. The van der Waals surface area contributed by atoms with Crippen molar-refractivity contribution < 1.29 is 13.2 Å². The van der Waals surface area contributed by atoms with E-state index in [0.717, 1.165) is 50.0 Å². The molecule has 1 saturated carbocycles. The number of hydrogen-bond acceptors (Lipinski definition) is 4. The van der Waals surface area contributed by atoms with Crippen LogP contribution in [0.2, 0.25) is 0 Å². The molecule has 1 aromatic heterocycles. The van der Waals surface area contributed by atoms with Gasteiger partial charge in [0.05, 0.1) is 12.7 Å². The van der Waals surface area contributed by atoms with Crippen LogP contribution < -0.4 is 5.32 Å². The number of alkyl halides is 3. The van der Waals surface area contributed by atoms with Gasteiger partial charge in [0, 0.05) is 25.2 Å². The number of nitrogens with zero attached hydrogens (tertiary/aromatic N) is 2. The molecule has 1 spiro atoms. The van der Waals surface area contributed by atoms with Crippen molar-refractivity contribution in [1.82, 2.24) is 15.2 Å². The van der Waals surface area contributed by atoms with Crippen LogP contribution in [0.5, 0.6) is 0 Å². The van der Waals surface area contributed by atoms with Crippen LogP contribution in [0.1, 0.15) is 42.0 Å². The van der Waals surface area contributed by atoms with Crippen molar-refractivity contribution in [2.24, 2.45) is 0 Å². The number of rotatable bonds is 2. The fourth-order valence-corrected chi connectivity index (χ4v) is 4.31. The van der Waals surface area contributed by atoms with Crippen molar-refractivity contribution in [3.8, 4) is 0 Å². The van der Waals surface area contributed by atoms with E-state index in [-0.39, 0.29) is 17.9 Å². The number of aromatic nitrogens is 1. The first-order valence-electron chi connectivity index (χ1n) is 7.47. The van der Waals surface area contributed by atoms with Gasteiger partial charge in [-0.15, -0.1) is 23.7 Å². The van der Waals surface area contributed by atoms with Gasteiger partial charge in [-0.25, -0.2) is 4.98 Å². The Kier molecular flexibility index (Phi) is 5.74. The molecule has 2 fully saturated rings. The van der Waals surface area contributed by atoms with Crippen LogP contribution in [0, 0.1) is 0 Å². The molecule has 0 unspecified atom stereocenters. The van der Waals surface area contributed by atoms with Gasteiger partial charge in [-0.1, -0.05) is 19.3 Å². The van der Waals surface area contributed by atoms with Gasteiger partial charge >= 0.3 is 6.18 Å². The summed E-state index contributed by atoms with van der Waals surface area (Å²) in [5.74, 6) is 0. The maximum Gasteiger partial charge on any atom is 0.427 e. The second kappa shape index (κ2) is 7.03. The lowest BCUT2D eigenvalue weighted by molar-refractivity contribution is -0.134. The molecule has 0 atom stereocenters. The second-order valence-electron chi connectivity index (χ2n) is 6.00. The molecule has 3 rings (SSSR count). The molecule has 8 heteroatoms. The third-order valence-electron chi connectivity index (χ3n) is 4.63. The Labute approximate surface area is 138 Å². The lowest BCUT2D eigenvalue weighted by Crippen LogP contribution is -2.61. The van der Waals surface area contributed by atoms with Crippen LogP contribution in [-0.4, -0.2) is 35.1 Å². The zero-order chi connectivity index (χ0) is 14.9. The van der Waals surface area contributed by atoms with E-state index in [4.69, 9.17) is 0 Å². The number of thiazole rings is 1. The van der Waals surface area contributed by atoms with Crippen LogP contribution in [0.25, 0.3) is 0 Å². The van der Waals surface area contributed by atoms with E-state index < -0.39 is 11.1 Å². The van der Waals surface area contributed by atoms with Crippen molar-refractivity contribution in [2.45, 2.75) is 50.4 Å². The van der Waals surface area contributed by atoms with Crippen molar-refractivity contribution in [1.29, 1.82) is 0 Å². The Morgan fingerprint density at radius 2 is 2.00 bits per heavy atom. The van der Waals surface area contributed by atoms with Crippen molar-refractivity contribution in [2.75, 3.05) is 19.6 Å². The van der Waals surface area contributed by atoms with Crippen LogP contribution in [0.4, 0.5) is 13.2 Å². The largest absolute Gasteiger partial charge is 0.427 e. The summed E-state index contributed by atoms with van der Waals surface area (Å²) < 4.78 is 38.0. The zero-order valence-corrected chi connectivity index (χ0v) is 13.9. The summed E-state index contributed by atoms with van der Waals surface area (Å²) in [7, 11) is 0. The zero-order valence-electron chi connectivity index (χ0n) is 12.3. The van der Waals surface area contributed by atoms with Gasteiger partial charge in [-0.05, 0) is 12.8 Å². The minimum Gasteiger partial charge on any atom is -0.314 e. The van der Waals surface area contributed by atoms with Crippen LogP contribution >= 0.6 is 23.7 Å². The summed E-state index contributed by atoms with van der Waals surface area (Å²) in [6.45, 7) is 3.28. The van der Waals surface area contributed by atoms with Gasteiger partial charge in [0.1, 0.15) is 9.88 Å². The summed E-state index contributed by atoms with van der Waals surface area (Å²) in [6.07, 6.45) is 2.66. The Morgan fingerprint density at radius 1 is 1.27 bits per heavy atom. The number of halogens is 4. The van der Waals surface area contributed by atoms with Gasteiger partial charge in [0.25, 0.3) is 0 Å². The molecular weight excluding hydrogens is 335 g/mol. The highest BCUT2D eigenvalue weighted by atomic mass is 35.5. The van der Waals surface area contributed by atoms with Gasteiger partial charge in [-0.3, -0.25) is 4.90 Å². The van der Waals surface area contributed by atoms with E-state index in [1.54, 1.807) is 0 Å². The highest BCUT2D eigenvalue weighted by Gasteiger charge is 2.40. The molecule has 126 valence electrons. The molecule has 3 nitrogen and oxygen atoms in total. The standard InChI is InChI=1S/C14H20F3N3S.ClH/c15-14(16,17)11-8-19-12(21-11)9-20-7-6-18-10-13(20)4-2-1-3-5-13;/h8,18H,1-7,9-10H2;1H. The monoisotopic (exact) mass is 355 g/mol. The predicted octanol–water partition coefficient (Wildman–Crippen LogP) is 3.69.